The fourth-order valence-electron chi connectivity index (χ4n) is 1.66. The largest absolute Gasteiger partial charge is 0.495 e. The second-order valence-electron chi connectivity index (χ2n) is 4.19. The summed E-state index contributed by atoms with van der Waals surface area (Å²) in [6.07, 6.45) is -0.905. The van der Waals surface area contributed by atoms with Crippen molar-refractivity contribution in [1.29, 1.82) is 0 Å². The molecule has 0 aliphatic carbocycles. The van der Waals surface area contributed by atoms with Crippen LogP contribution in [0.15, 0.2) is 23.1 Å². The van der Waals surface area contributed by atoms with Crippen molar-refractivity contribution in [3.05, 3.63) is 23.2 Å². The van der Waals surface area contributed by atoms with Gasteiger partial charge in [0.05, 0.1) is 19.8 Å². The average molecular weight is 324 g/mol. The Labute approximate surface area is 123 Å². The number of methoxy groups -OCH3 is 2. The Kier molecular flexibility index (Phi) is 6.22. The van der Waals surface area contributed by atoms with E-state index >= 15 is 0 Å². The van der Waals surface area contributed by atoms with E-state index in [4.69, 9.17) is 21.1 Å². The lowest BCUT2D eigenvalue weighted by Gasteiger charge is -2.21. The highest BCUT2D eigenvalue weighted by molar-refractivity contribution is 7.89. The fourth-order valence-corrected chi connectivity index (χ4v) is 3.17. The summed E-state index contributed by atoms with van der Waals surface area (Å²) in [7, 11) is 0.396. The summed E-state index contributed by atoms with van der Waals surface area (Å²) >= 11 is 5.81. The molecule has 6 nitrogen and oxygen atoms in total. The Balaban J connectivity index is 3.04. The van der Waals surface area contributed by atoms with Crippen molar-refractivity contribution in [1.82, 2.24) is 4.31 Å². The standard InChI is InChI=1S/C12H18ClNO5S/c1-14(7-10(15)8-18-2)20(16,17)12-5-4-9(13)6-11(12)19-3/h4-6,10,15H,7-8H2,1-3H3. The molecule has 1 aromatic carbocycles. The molecule has 1 rings (SSSR count). The molecule has 0 aliphatic rings. The maximum absolute atomic E-state index is 12.4. The Morgan fingerprint density at radius 1 is 1.40 bits per heavy atom. The second-order valence-corrected chi connectivity index (χ2v) is 6.64. The number of likely N-dealkylation sites (N-methyl/N-ethyl adjacent to an activating group) is 1. The molecule has 0 bridgehead atoms. The van der Waals surface area contributed by atoms with Gasteiger partial charge in [-0.1, -0.05) is 11.6 Å². The first kappa shape index (κ1) is 17.2. The van der Waals surface area contributed by atoms with E-state index in [0.29, 0.717) is 5.02 Å². The van der Waals surface area contributed by atoms with Crippen LogP contribution in [0.1, 0.15) is 0 Å². The third-order valence-corrected chi connectivity index (χ3v) is 4.74. The van der Waals surface area contributed by atoms with Gasteiger partial charge in [0.25, 0.3) is 0 Å². The van der Waals surface area contributed by atoms with E-state index in [0.717, 1.165) is 4.31 Å². The van der Waals surface area contributed by atoms with Crippen LogP contribution >= 0.6 is 11.6 Å². The van der Waals surface area contributed by atoms with Crippen LogP contribution in [-0.4, -0.2) is 58.4 Å². The van der Waals surface area contributed by atoms with E-state index in [-0.39, 0.29) is 23.8 Å². The molecule has 0 radical (unpaired) electrons. The minimum absolute atomic E-state index is 0.00323. The Hall–Kier alpha value is -0.860. The minimum Gasteiger partial charge on any atom is -0.495 e. The smallest absolute Gasteiger partial charge is 0.246 e. The van der Waals surface area contributed by atoms with Gasteiger partial charge in [0.15, 0.2) is 0 Å². The van der Waals surface area contributed by atoms with Gasteiger partial charge in [0.2, 0.25) is 10.0 Å². The van der Waals surface area contributed by atoms with Gasteiger partial charge in [-0.15, -0.1) is 0 Å². The predicted molar refractivity (Wildman–Crippen MR) is 75.7 cm³/mol. The minimum atomic E-state index is -3.78. The van der Waals surface area contributed by atoms with Gasteiger partial charge in [-0.2, -0.15) is 4.31 Å². The maximum Gasteiger partial charge on any atom is 0.246 e. The summed E-state index contributed by atoms with van der Waals surface area (Å²) in [5.41, 5.74) is 0. The molecule has 0 saturated carbocycles. The van der Waals surface area contributed by atoms with Crippen LogP contribution < -0.4 is 4.74 Å². The third-order valence-electron chi connectivity index (χ3n) is 2.64. The number of sulfonamides is 1. The van der Waals surface area contributed by atoms with E-state index in [2.05, 4.69) is 0 Å². The van der Waals surface area contributed by atoms with Crippen molar-refractivity contribution in [2.45, 2.75) is 11.0 Å². The number of hydrogen-bond acceptors (Lipinski definition) is 5. The molecular formula is C12H18ClNO5S. The second kappa shape index (κ2) is 7.24. The van der Waals surface area contributed by atoms with E-state index in [1.54, 1.807) is 0 Å². The fraction of sp³-hybridized carbons (Fsp3) is 0.500. The lowest BCUT2D eigenvalue weighted by atomic mass is 10.3. The number of ether oxygens (including phenoxy) is 2. The van der Waals surface area contributed by atoms with Gasteiger partial charge in [-0.25, -0.2) is 8.42 Å². The molecule has 0 aromatic heterocycles. The van der Waals surface area contributed by atoms with Crippen LogP contribution in [0, 0.1) is 0 Å². The predicted octanol–water partition coefficient (Wildman–Crippen LogP) is 0.976. The molecule has 0 aliphatic heterocycles. The van der Waals surface area contributed by atoms with E-state index in [9.17, 15) is 13.5 Å². The summed E-state index contributed by atoms with van der Waals surface area (Å²) in [4.78, 5) is -0.00323. The molecule has 0 amide bonds. The van der Waals surface area contributed by atoms with E-state index in [1.807, 2.05) is 0 Å². The lowest BCUT2D eigenvalue weighted by molar-refractivity contribution is 0.0554. The first-order valence-electron chi connectivity index (χ1n) is 5.79. The molecule has 1 N–H and O–H groups in total. The number of aliphatic hydroxyl groups is 1. The van der Waals surface area contributed by atoms with Crippen LogP contribution in [0.4, 0.5) is 0 Å². The molecule has 0 heterocycles. The molecule has 1 unspecified atom stereocenters. The summed E-state index contributed by atoms with van der Waals surface area (Å²) in [5.74, 6) is 0.158. The number of aliphatic hydroxyl groups excluding tert-OH is 1. The molecule has 1 atom stereocenters. The lowest BCUT2D eigenvalue weighted by Crippen LogP contribution is -2.36. The number of benzene rings is 1. The van der Waals surface area contributed by atoms with E-state index < -0.39 is 16.1 Å². The normalized spacial score (nSPS) is 13.5. The van der Waals surface area contributed by atoms with Crippen molar-refractivity contribution < 1.29 is 23.0 Å². The molecule has 114 valence electrons. The van der Waals surface area contributed by atoms with Crippen molar-refractivity contribution in [2.75, 3.05) is 34.4 Å². The molecule has 0 fully saturated rings. The molecule has 20 heavy (non-hydrogen) atoms. The summed E-state index contributed by atoms with van der Waals surface area (Å²) in [5, 5.41) is 9.99. The van der Waals surface area contributed by atoms with Crippen LogP contribution in [0.25, 0.3) is 0 Å². The highest BCUT2D eigenvalue weighted by atomic mass is 35.5. The Bertz CT molecular complexity index is 549. The highest BCUT2D eigenvalue weighted by Gasteiger charge is 2.26. The zero-order valence-electron chi connectivity index (χ0n) is 11.5. The SMILES string of the molecule is COCC(O)CN(C)S(=O)(=O)c1ccc(Cl)cc1OC. The summed E-state index contributed by atoms with van der Waals surface area (Å²) < 4.78 is 35.7. The van der Waals surface area contributed by atoms with Crippen LogP contribution in [0.3, 0.4) is 0 Å². The van der Waals surface area contributed by atoms with Gasteiger partial charge in [0, 0.05) is 31.8 Å². The molecule has 8 heteroatoms. The van der Waals surface area contributed by atoms with Crippen molar-refractivity contribution in [3.8, 4) is 5.75 Å². The molecule has 0 saturated heterocycles. The first-order chi connectivity index (χ1) is 9.32. The number of hydrogen-bond donors (Lipinski definition) is 1. The van der Waals surface area contributed by atoms with Crippen LogP contribution in [0.2, 0.25) is 5.02 Å². The topological polar surface area (TPSA) is 76.1 Å². The quantitative estimate of drug-likeness (QED) is 0.809. The summed E-state index contributed by atoms with van der Waals surface area (Å²) in [6, 6.07) is 4.26. The van der Waals surface area contributed by atoms with Crippen LogP contribution in [-0.2, 0) is 14.8 Å². The zero-order chi connectivity index (χ0) is 15.3. The average Bonchev–Trinajstić information content (AvgIpc) is 2.38. The third kappa shape index (κ3) is 4.07. The van der Waals surface area contributed by atoms with Gasteiger partial charge in [-0.05, 0) is 12.1 Å². The van der Waals surface area contributed by atoms with Gasteiger partial charge in [-0.3, -0.25) is 0 Å². The number of nitrogens with zero attached hydrogens (tertiary/aromatic N) is 1. The summed E-state index contributed by atoms with van der Waals surface area (Å²) in [6.45, 7) is -0.0282. The Morgan fingerprint density at radius 2 is 2.05 bits per heavy atom. The highest BCUT2D eigenvalue weighted by Crippen LogP contribution is 2.29. The monoisotopic (exact) mass is 323 g/mol. The van der Waals surface area contributed by atoms with Crippen molar-refractivity contribution in [3.63, 3.8) is 0 Å². The molecule has 1 aromatic rings. The van der Waals surface area contributed by atoms with Gasteiger partial charge < -0.3 is 14.6 Å². The molecular weight excluding hydrogens is 306 g/mol. The van der Waals surface area contributed by atoms with E-state index in [1.165, 1.54) is 39.5 Å². The first-order valence-corrected chi connectivity index (χ1v) is 7.61. The van der Waals surface area contributed by atoms with Crippen molar-refractivity contribution in [2.24, 2.45) is 0 Å². The van der Waals surface area contributed by atoms with Crippen molar-refractivity contribution >= 4 is 21.6 Å². The van der Waals surface area contributed by atoms with Crippen LogP contribution in [0.5, 0.6) is 5.75 Å². The van der Waals surface area contributed by atoms with Gasteiger partial charge >= 0.3 is 0 Å². The molecule has 0 spiro atoms. The number of halogens is 1. The number of rotatable bonds is 7. The van der Waals surface area contributed by atoms with Gasteiger partial charge in [0.1, 0.15) is 10.6 Å². The Morgan fingerprint density at radius 3 is 2.60 bits per heavy atom. The maximum atomic E-state index is 12.4. The zero-order valence-corrected chi connectivity index (χ0v) is 13.1.